The van der Waals surface area contributed by atoms with E-state index < -0.39 is 197 Å². The molecule has 90 heavy (non-hydrogen) atoms. The first-order chi connectivity index (χ1) is 42.8. The first kappa shape index (κ1) is 78.3. The number of amides is 6. The van der Waals surface area contributed by atoms with Gasteiger partial charge in [0.1, 0.15) is 91.6 Å². The second-order valence-electron chi connectivity index (χ2n) is 22.1. The van der Waals surface area contributed by atoms with Crippen LogP contribution in [0.15, 0.2) is 0 Å². The summed E-state index contributed by atoms with van der Waals surface area (Å²) in [5.41, 5.74) is 6.06. The van der Waals surface area contributed by atoms with Gasteiger partial charge in [0, 0.05) is 52.1 Å². The minimum Gasteiger partial charge on any atom is -0.394 e. The molecule has 0 bridgehead atoms. The molecule has 4 aliphatic heterocycles. The Morgan fingerprint density at radius 2 is 0.756 bits per heavy atom. The predicted molar refractivity (Wildman–Crippen MR) is 300 cm³/mol. The molecule has 37 heteroatoms. The van der Waals surface area contributed by atoms with Gasteiger partial charge in [0.25, 0.3) is 0 Å². The summed E-state index contributed by atoms with van der Waals surface area (Å²) in [5.74, 6) is -3.52. The lowest BCUT2D eigenvalue weighted by Gasteiger charge is -2.39. The standard InChI is InChI=1S/C53H96N8O29/c1-26-36(69)40(73)44(77)50(87-26)83-17-13-56-32(65)8-3-2-5-12-59-48(81)27(54)9-10-33(66)55-11-6-4-7-28(49(82)60-16-20-86-53-47(80)43(76)39(72)31(25-64)90-53)61(21-34(67)57-14-18-84-51-45(78)41(74)37(70)29(23-62)88-51)22-35(68)58-15-19-85-52-46(79)42(75)38(71)30(24-63)89-52/h26-31,36-47,50-53,62-64,69-80H,2-25,54H2,1H3,(H,55,66)(H,56,65)(H,57,67)(H,58,68)(H,59,81)(H,60,82)/t26-,27-,28-,29+,30+,31+,36+,37+,38+,39+,40+,41-,42-,43-,44-,45-,46-,47-,50+,51-,52-,53-/m0/s1. The Balaban J connectivity index is 1.30. The third-order valence-electron chi connectivity index (χ3n) is 15.2. The molecule has 0 aliphatic carbocycles. The number of rotatable bonds is 40. The third-order valence-corrected chi connectivity index (χ3v) is 15.2. The molecular formula is C53H96N8O29. The van der Waals surface area contributed by atoms with Gasteiger partial charge in [-0.3, -0.25) is 33.7 Å². The van der Waals surface area contributed by atoms with Crippen molar-refractivity contribution < 1.29 is 143 Å². The van der Waals surface area contributed by atoms with Gasteiger partial charge >= 0.3 is 0 Å². The second kappa shape index (κ2) is 40.8. The van der Waals surface area contributed by atoms with E-state index in [-0.39, 0.29) is 110 Å². The number of carbonyl (C=O) groups excluding carboxylic acids is 6. The third kappa shape index (κ3) is 24.9. The van der Waals surface area contributed by atoms with Gasteiger partial charge in [-0.05, 0) is 45.4 Å². The predicted octanol–water partition coefficient (Wildman–Crippen LogP) is -12.5. The lowest BCUT2D eigenvalue weighted by molar-refractivity contribution is -0.300. The van der Waals surface area contributed by atoms with Crippen molar-refractivity contribution in [1.82, 2.24) is 36.8 Å². The number of nitrogens with one attached hydrogen (secondary N) is 6. The molecule has 22 atom stereocenters. The molecule has 0 aromatic carbocycles. The average Bonchev–Trinajstić information content (AvgIpc) is 1.26. The van der Waals surface area contributed by atoms with Crippen molar-refractivity contribution in [3.63, 3.8) is 0 Å². The molecular weight excluding hydrogens is 1210 g/mol. The van der Waals surface area contributed by atoms with E-state index in [0.29, 0.717) is 19.3 Å². The molecule has 4 rings (SSSR count). The highest BCUT2D eigenvalue weighted by atomic mass is 16.7. The van der Waals surface area contributed by atoms with Crippen LogP contribution >= 0.6 is 0 Å². The fourth-order valence-corrected chi connectivity index (χ4v) is 9.78. The van der Waals surface area contributed by atoms with Crippen LogP contribution in [-0.4, -0.2) is 350 Å². The molecule has 4 fully saturated rings. The van der Waals surface area contributed by atoms with Crippen molar-refractivity contribution in [3.05, 3.63) is 0 Å². The highest BCUT2D eigenvalue weighted by molar-refractivity contribution is 5.86. The van der Waals surface area contributed by atoms with Crippen LogP contribution in [0.4, 0.5) is 0 Å². The SMILES string of the molecule is C[C@@H]1O[C@@H](OCCNC(=O)CCCCCNC(=O)[C@@H](N)CCC(=O)NCCCC[C@@H](C(=O)NCCO[C@H]2O[C@H](CO)[C@@H](O)[C@H](O)[C@@H]2O)N(CC(=O)NCCO[C@H]2O[C@H](CO)[C@@H](O)[C@H](O)[C@@H]2O)CC(=O)NCCO[C@H]2O[C@H](CO)[C@@H](O)[C@H](O)[C@@H]2O)[C@@H](O)[C@H](O)[C@@H]1O. The summed E-state index contributed by atoms with van der Waals surface area (Å²) in [5, 5.41) is 166. The number of hydrogen-bond acceptors (Lipinski definition) is 31. The zero-order chi connectivity index (χ0) is 66.6. The normalized spacial score (nSPS) is 32.7. The second-order valence-corrected chi connectivity index (χ2v) is 22.1. The van der Waals surface area contributed by atoms with Crippen LogP contribution in [0, 0.1) is 0 Å². The largest absolute Gasteiger partial charge is 0.394 e. The topological polar surface area (TPSA) is 581 Å². The highest BCUT2D eigenvalue weighted by Crippen LogP contribution is 2.25. The fourth-order valence-electron chi connectivity index (χ4n) is 9.78. The van der Waals surface area contributed by atoms with Gasteiger partial charge < -0.3 is 152 Å². The molecule has 4 heterocycles. The van der Waals surface area contributed by atoms with Crippen LogP contribution in [0.2, 0.25) is 0 Å². The molecule has 0 radical (unpaired) electrons. The molecule has 0 unspecified atom stereocenters. The number of ether oxygens (including phenoxy) is 8. The summed E-state index contributed by atoms with van der Waals surface area (Å²) in [7, 11) is 0. The van der Waals surface area contributed by atoms with Crippen LogP contribution in [0.3, 0.4) is 0 Å². The number of nitrogens with two attached hydrogens (primary N) is 1. The Morgan fingerprint density at radius 1 is 0.400 bits per heavy atom. The lowest BCUT2D eigenvalue weighted by Crippen LogP contribution is -2.59. The molecule has 6 amide bonds. The van der Waals surface area contributed by atoms with E-state index in [1.165, 1.54) is 11.8 Å². The Kier molecular flexibility index (Phi) is 35.5. The minimum atomic E-state index is -1.76. The molecule has 23 N–H and O–H groups in total. The number of carbonyl (C=O) groups is 6. The van der Waals surface area contributed by atoms with Gasteiger partial charge in [0.05, 0.1) is 77.5 Å². The van der Waals surface area contributed by atoms with Gasteiger partial charge in [-0.1, -0.05) is 6.42 Å². The van der Waals surface area contributed by atoms with Gasteiger partial charge in [-0.2, -0.15) is 0 Å². The van der Waals surface area contributed by atoms with Crippen molar-refractivity contribution in [2.45, 2.75) is 200 Å². The molecule has 0 aromatic rings. The van der Waals surface area contributed by atoms with Crippen LogP contribution in [0.25, 0.3) is 0 Å². The maximum absolute atomic E-state index is 14.2. The van der Waals surface area contributed by atoms with Crippen LogP contribution in [-0.2, 0) is 66.7 Å². The monoisotopic (exact) mass is 1310 g/mol. The molecule has 0 spiro atoms. The molecule has 4 aliphatic rings. The van der Waals surface area contributed by atoms with E-state index in [0.717, 1.165) is 0 Å². The molecule has 0 aromatic heterocycles. The van der Waals surface area contributed by atoms with E-state index >= 15 is 0 Å². The van der Waals surface area contributed by atoms with Crippen molar-refractivity contribution in [2.75, 3.05) is 98.6 Å². The number of unbranched alkanes of at least 4 members (excludes halogenated alkanes) is 3. The quantitative estimate of drug-likeness (QED) is 0.0253. The average molecular weight is 1310 g/mol. The molecule has 0 saturated carbocycles. The summed E-state index contributed by atoms with van der Waals surface area (Å²) in [6.45, 7) is -3.52. The van der Waals surface area contributed by atoms with Crippen LogP contribution < -0.4 is 37.6 Å². The molecule has 522 valence electrons. The van der Waals surface area contributed by atoms with Crippen molar-refractivity contribution >= 4 is 35.4 Å². The van der Waals surface area contributed by atoms with Gasteiger partial charge in [-0.15, -0.1) is 0 Å². The number of aliphatic hydroxyl groups excluding tert-OH is 15. The first-order valence-electron chi connectivity index (χ1n) is 30.0. The van der Waals surface area contributed by atoms with Crippen molar-refractivity contribution in [3.8, 4) is 0 Å². The maximum atomic E-state index is 14.2. The number of nitrogens with zero attached hydrogens (tertiary/aromatic N) is 1. The van der Waals surface area contributed by atoms with E-state index in [1.54, 1.807) is 0 Å². The first-order valence-corrected chi connectivity index (χ1v) is 30.0. The van der Waals surface area contributed by atoms with Gasteiger partial charge in [0.15, 0.2) is 25.2 Å². The van der Waals surface area contributed by atoms with Gasteiger partial charge in [-0.25, -0.2) is 0 Å². The maximum Gasteiger partial charge on any atom is 0.237 e. The number of aliphatic hydroxyl groups is 15. The summed E-state index contributed by atoms with van der Waals surface area (Å²) in [4.78, 5) is 80.4. The Bertz CT molecular complexity index is 2080. The summed E-state index contributed by atoms with van der Waals surface area (Å²) in [6, 6.07) is -2.35. The molecule has 37 nitrogen and oxygen atoms in total. The van der Waals surface area contributed by atoms with E-state index in [2.05, 4.69) is 31.9 Å². The summed E-state index contributed by atoms with van der Waals surface area (Å²) >= 11 is 0. The Hall–Kier alpha value is -4.18. The highest BCUT2D eigenvalue weighted by Gasteiger charge is 2.47. The smallest absolute Gasteiger partial charge is 0.237 e. The Morgan fingerprint density at radius 3 is 1.20 bits per heavy atom. The van der Waals surface area contributed by atoms with Crippen molar-refractivity contribution in [2.24, 2.45) is 5.73 Å². The van der Waals surface area contributed by atoms with Crippen LogP contribution in [0.5, 0.6) is 0 Å². The van der Waals surface area contributed by atoms with Crippen molar-refractivity contribution in [1.29, 1.82) is 0 Å². The van der Waals surface area contributed by atoms with Crippen LogP contribution in [0.1, 0.15) is 64.7 Å². The number of hydrogen-bond donors (Lipinski definition) is 22. The molecule has 4 saturated heterocycles. The summed E-state index contributed by atoms with van der Waals surface area (Å²) < 4.78 is 43.2. The minimum absolute atomic E-state index is 0.0177. The lowest BCUT2D eigenvalue weighted by atomic mass is 9.99. The summed E-state index contributed by atoms with van der Waals surface area (Å²) in [6.07, 6.45) is -28.1. The fraction of sp³-hybridized carbons (Fsp3) is 0.887. The van der Waals surface area contributed by atoms with E-state index in [9.17, 15) is 105 Å². The van der Waals surface area contributed by atoms with Gasteiger partial charge in [0.2, 0.25) is 35.4 Å². The van der Waals surface area contributed by atoms with E-state index in [4.69, 9.17) is 43.6 Å². The Labute approximate surface area is 518 Å². The zero-order valence-corrected chi connectivity index (χ0v) is 50.1. The zero-order valence-electron chi connectivity index (χ0n) is 50.1. The van der Waals surface area contributed by atoms with E-state index in [1.807, 2.05) is 0 Å².